The molecule has 154 valence electrons. The van der Waals surface area contributed by atoms with Gasteiger partial charge in [-0.25, -0.2) is 4.68 Å². The zero-order valence-corrected chi connectivity index (χ0v) is 18.5. The average Bonchev–Trinajstić information content (AvgIpc) is 3.20. The quantitative estimate of drug-likeness (QED) is 0.399. The first-order valence-electron chi connectivity index (χ1n) is 9.98. The van der Waals surface area contributed by atoms with Gasteiger partial charge in [-0.2, -0.15) is 10.4 Å². The molecule has 0 fully saturated rings. The molecule has 0 unspecified atom stereocenters. The second-order valence-corrected chi connectivity index (χ2v) is 7.83. The van der Waals surface area contributed by atoms with Gasteiger partial charge in [0.15, 0.2) is 0 Å². The molecule has 0 bridgehead atoms. The Hall–Kier alpha value is -3.69. The topological polar surface area (TPSA) is 62.7 Å². The molecule has 0 N–H and O–H groups in total. The monoisotopic (exact) mass is 426 g/mol. The van der Waals surface area contributed by atoms with Crippen LogP contribution in [-0.2, 0) is 0 Å². The minimum Gasteiger partial charge on any atom is -0.497 e. The number of ether oxygens (including phenoxy) is 1. The summed E-state index contributed by atoms with van der Waals surface area (Å²) in [7, 11) is 1.68. The lowest BCUT2D eigenvalue weighted by molar-refractivity contribution is 0.415. The number of hydrogen-bond acceptors (Lipinski definition) is 5. The van der Waals surface area contributed by atoms with Crippen molar-refractivity contribution in [3.8, 4) is 23.1 Å². The Morgan fingerprint density at radius 2 is 1.81 bits per heavy atom. The molecule has 0 saturated carbocycles. The Morgan fingerprint density at radius 1 is 1.06 bits per heavy atom. The highest BCUT2D eigenvalue weighted by Gasteiger charge is 2.10. The number of fused-ring (bicyclic) bond motifs is 1. The number of methoxy groups -OCH3 is 1. The third kappa shape index (κ3) is 4.27. The summed E-state index contributed by atoms with van der Waals surface area (Å²) < 4.78 is 7.25. The van der Waals surface area contributed by atoms with E-state index in [1.807, 2.05) is 54.9 Å². The summed E-state index contributed by atoms with van der Waals surface area (Å²) in [5, 5.41) is 18.3. The molecular weight excluding hydrogens is 404 g/mol. The summed E-state index contributed by atoms with van der Waals surface area (Å²) in [5.74, 6) is 0.845. The highest BCUT2D eigenvalue weighted by atomic mass is 32.1. The molecule has 1 heterocycles. The summed E-state index contributed by atoms with van der Waals surface area (Å²) in [6.07, 6.45) is 0. The molecule has 1 aromatic heterocycles. The predicted molar refractivity (Wildman–Crippen MR) is 127 cm³/mol. The van der Waals surface area contributed by atoms with Gasteiger partial charge >= 0.3 is 0 Å². The summed E-state index contributed by atoms with van der Waals surface area (Å²) >= 11 is 1.58. The van der Waals surface area contributed by atoms with Gasteiger partial charge < -0.3 is 4.74 Å². The Balaban J connectivity index is 1.82. The van der Waals surface area contributed by atoms with E-state index in [1.165, 1.54) is 0 Å². The minimum absolute atomic E-state index is 0.634. The molecule has 0 aliphatic carbocycles. The Labute approximate surface area is 185 Å². The van der Waals surface area contributed by atoms with Crippen LogP contribution in [0.25, 0.3) is 22.0 Å². The number of nitrogens with zero attached hydrogens (tertiary/aromatic N) is 4. The molecule has 5 nitrogen and oxygen atoms in total. The maximum absolute atomic E-state index is 9.03. The van der Waals surface area contributed by atoms with E-state index in [1.54, 1.807) is 18.4 Å². The largest absolute Gasteiger partial charge is 0.497 e. The molecule has 4 rings (SSSR count). The van der Waals surface area contributed by atoms with Crippen LogP contribution >= 0.6 is 11.3 Å². The van der Waals surface area contributed by atoms with Gasteiger partial charge in [0.2, 0.25) is 4.80 Å². The van der Waals surface area contributed by atoms with E-state index in [-0.39, 0.29) is 0 Å². The number of rotatable bonds is 5. The van der Waals surface area contributed by atoms with Crippen molar-refractivity contribution in [3.63, 3.8) is 0 Å². The van der Waals surface area contributed by atoms with Gasteiger partial charge in [-0.1, -0.05) is 30.3 Å². The number of benzene rings is 3. The first kappa shape index (κ1) is 20.6. The molecule has 0 atom stereocenters. The van der Waals surface area contributed by atoms with E-state index >= 15 is 0 Å². The van der Waals surface area contributed by atoms with Gasteiger partial charge in [0, 0.05) is 17.5 Å². The van der Waals surface area contributed by atoms with Crippen LogP contribution in [0.1, 0.15) is 25.0 Å². The van der Waals surface area contributed by atoms with E-state index in [0.717, 1.165) is 43.9 Å². The third-order valence-corrected chi connectivity index (χ3v) is 5.86. The smallest absolute Gasteiger partial charge is 0.206 e. The molecule has 31 heavy (non-hydrogen) atoms. The number of nitriles is 1. The number of thiazole rings is 1. The van der Waals surface area contributed by atoms with Crippen LogP contribution in [-0.4, -0.2) is 24.0 Å². The van der Waals surface area contributed by atoms with Crippen molar-refractivity contribution in [1.29, 1.82) is 5.26 Å². The first-order chi connectivity index (χ1) is 15.1. The van der Waals surface area contributed by atoms with E-state index in [9.17, 15) is 0 Å². The second kappa shape index (κ2) is 8.99. The fraction of sp³-hybridized carbons (Fsp3) is 0.160. The summed E-state index contributed by atoms with van der Waals surface area (Å²) in [5.41, 5.74) is 4.52. The van der Waals surface area contributed by atoms with Crippen LogP contribution in [0.3, 0.4) is 0 Å². The zero-order valence-electron chi connectivity index (χ0n) is 17.7. The molecule has 0 saturated heterocycles. The lowest BCUT2D eigenvalue weighted by Gasteiger charge is -2.08. The molecule has 0 aliphatic rings. The first-order valence-corrected chi connectivity index (χ1v) is 10.9. The van der Waals surface area contributed by atoms with Crippen LogP contribution in [0.15, 0.2) is 76.1 Å². The summed E-state index contributed by atoms with van der Waals surface area (Å²) in [6.45, 7) is 4.67. The van der Waals surface area contributed by atoms with Gasteiger partial charge in [0.1, 0.15) is 5.75 Å². The number of hydrogen-bond donors (Lipinski definition) is 0. The second-order valence-electron chi connectivity index (χ2n) is 6.99. The summed E-state index contributed by atoms with van der Waals surface area (Å²) in [4.78, 5) is 5.47. The van der Waals surface area contributed by atoms with Gasteiger partial charge in [-0.3, -0.25) is 4.99 Å². The maximum atomic E-state index is 9.03. The zero-order chi connectivity index (χ0) is 21.8. The molecule has 0 amide bonds. The molecule has 4 aromatic rings. The third-order valence-electron chi connectivity index (χ3n) is 5.00. The summed E-state index contributed by atoms with van der Waals surface area (Å²) in [6, 6.07) is 22.0. The van der Waals surface area contributed by atoms with Gasteiger partial charge in [-0.05, 0) is 60.5 Å². The Bertz CT molecular complexity index is 1370. The fourth-order valence-corrected chi connectivity index (χ4v) is 4.24. The molecular formula is C25H22N4OS. The van der Waals surface area contributed by atoms with Crippen LogP contribution in [0.4, 0.5) is 0 Å². The fourth-order valence-electron chi connectivity index (χ4n) is 3.34. The van der Waals surface area contributed by atoms with Crippen molar-refractivity contribution in [1.82, 2.24) is 4.68 Å². The van der Waals surface area contributed by atoms with Crippen molar-refractivity contribution in [3.05, 3.63) is 82.0 Å². The van der Waals surface area contributed by atoms with Crippen molar-refractivity contribution in [2.75, 3.05) is 13.7 Å². The van der Waals surface area contributed by atoms with Crippen molar-refractivity contribution in [2.45, 2.75) is 13.8 Å². The number of aromatic nitrogens is 1. The van der Waals surface area contributed by atoms with Crippen molar-refractivity contribution < 1.29 is 4.74 Å². The van der Waals surface area contributed by atoms with Crippen LogP contribution in [0.2, 0.25) is 0 Å². The Kier molecular flexibility index (Phi) is 5.96. The van der Waals surface area contributed by atoms with E-state index in [2.05, 4.69) is 40.7 Å². The predicted octanol–water partition coefficient (Wildman–Crippen LogP) is 5.44. The van der Waals surface area contributed by atoms with Gasteiger partial charge in [0.25, 0.3) is 0 Å². The Morgan fingerprint density at radius 3 is 2.52 bits per heavy atom. The SMILES string of the molecule is CCN=c1scc(-c2ccc3cc(OC)ccc3c2)n1N=C(C)c1ccc(C#N)cc1. The van der Waals surface area contributed by atoms with Crippen molar-refractivity contribution in [2.24, 2.45) is 10.1 Å². The van der Waals surface area contributed by atoms with E-state index in [0.29, 0.717) is 12.1 Å². The van der Waals surface area contributed by atoms with Crippen LogP contribution in [0.5, 0.6) is 5.75 Å². The normalized spacial score (nSPS) is 12.2. The molecule has 6 heteroatoms. The minimum atomic E-state index is 0.634. The van der Waals surface area contributed by atoms with E-state index < -0.39 is 0 Å². The molecule has 0 aliphatic heterocycles. The van der Waals surface area contributed by atoms with Gasteiger partial charge in [-0.15, -0.1) is 11.3 Å². The lowest BCUT2D eigenvalue weighted by Crippen LogP contribution is -2.14. The highest BCUT2D eigenvalue weighted by Crippen LogP contribution is 2.27. The molecule has 0 radical (unpaired) electrons. The standard InChI is InChI=1S/C25H22N4OS/c1-4-27-25-29(28-17(2)19-7-5-18(15-26)6-8-19)24(16-31-25)22-10-9-21-14-23(30-3)12-11-20(21)13-22/h5-14,16H,4H2,1-3H3. The highest BCUT2D eigenvalue weighted by molar-refractivity contribution is 7.07. The van der Waals surface area contributed by atoms with E-state index in [4.69, 9.17) is 15.1 Å². The molecule has 0 spiro atoms. The van der Waals surface area contributed by atoms with Crippen LogP contribution in [0, 0.1) is 11.3 Å². The average molecular weight is 427 g/mol. The van der Waals surface area contributed by atoms with Crippen LogP contribution < -0.4 is 9.54 Å². The van der Waals surface area contributed by atoms with Gasteiger partial charge in [0.05, 0.1) is 30.1 Å². The lowest BCUT2D eigenvalue weighted by atomic mass is 10.1. The maximum Gasteiger partial charge on any atom is 0.206 e. The van der Waals surface area contributed by atoms with Crippen molar-refractivity contribution >= 4 is 27.8 Å². The molecule has 3 aromatic carbocycles.